The molecule has 1 aromatic carbocycles. The molecule has 1 atom stereocenters. The van der Waals surface area contributed by atoms with Gasteiger partial charge < -0.3 is 0 Å². The Morgan fingerprint density at radius 3 is 2.78 bits per heavy atom. The second-order valence-electron chi connectivity index (χ2n) is 5.38. The second kappa shape index (κ2) is 7.90. The van der Waals surface area contributed by atoms with Crippen LogP contribution in [0.5, 0.6) is 0 Å². The summed E-state index contributed by atoms with van der Waals surface area (Å²) in [5.74, 6) is -0.575. The minimum Gasteiger partial charge on any atom is -0.273 e. The highest BCUT2D eigenvalue weighted by Crippen LogP contribution is 2.19. The van der Waals surface area contributed by atoms with Gasteiger partial charge in [0.1, 0.15) is 0 Å². The van der Waals surface area contributed by atoms with E-state index in [9.17, 15) is 13.2 Å². The monoisotopic (exact) mass is 357 g/mol. The van der Waals surface area contributed by atoms with Crippen molar-refractivity contribution in [3.63, 3.8) is 0 Å². The Morgan fingerprint density at radius 2 is 2.13 bits per heavy atom. The van der Waals surface area contributed by atoms with Crippen molar-refractivity contribution in [1.82, 2.24) is 9.73 Å². The van der Waals surface area contributed by atoms with Crippen molar-refractivity contribution < 1.29 is 13.2 Å². The molecule has 0 bridgehead atoms. The average Bonchev–Trinajstić information content (AvgIpc) is 2.56. The van der Waals surface area contributed by atoms with Crippen LogP contribution in [-0.4, -0.2) is 43.7 Å². The predicted octanol–water partition coefficient (Wildman–Crippen LogP) is 1.85. The van der Waals surface area contributed by atoms with E-state index >= 15 is 0 Å². The number of hydrogen-bond donors (Lipinski definition) is 1. The number of sulfonamides is 1. The van der Waals surface area contributed by atoms with Gasteiger partial charge in [-0.1, -0.05) is 23.7 Å². The van der Waals surface area contributed by atoms with E-state index in [0.717, 1.165) is 5.56 Å². The largest absolute Gasteiger partial charge is 0.273 e. The molecular weight excluding hydrogens is 338 g/mol. The molecule has 23 heavy (non-hydrogen) atoms. The van der Waals surface area contributed by atoms with Gasteiger partial charge in [0.2, 0.25) is 15.9 Å². The molecule has 1 saturated heterocycles. The third kappa shape index (κ3) is 5.02. The first-order valence-electron chi connectivity index (χ1n) is 7.48. The zero-order valence-electron chi connectivity index (χ0n) is 12.9. The quantitative estimate of drug-likeness (QED) is 0.645. The normalized spacial score (nSPS) is 19.8. The zero-order valence-corrected chi connectivity index (χ0v) is 14.5. The van der Waals surface area contributed by atoms with E-state index in [4.69, 9.17) is 11.6 Å². The van der Waals surface area contributed by atoms with Crippen LogP contribution in [0.3, 0.4) is 0 Å². The maximum atomic E-state index is 12.1. The summed E-state index contributed by atoms with van der Waals surface area (Å²) in [5.41, 5.74) is 3.29. The summed E-state index contributed by atoms with van der Waals surface area (Å²) in [6, 6.07) is 7.04. The number of carbonyl (C=O) groups is 1. The summed E-state index contributed by atoms with van der Waals surface area (Å²) in [6.07, 6.45) is 2.87. The molecule has 1 aliphatic heterocycles. The molecule has 1 aliphatic rings. The van der Waals surface area contributed by atoms with E-state index in [1.165, 1.54) is 10.5 Å². The van der Waals surface area contributed by atoms with Crippen molar-refractivity contribution in [3.8, 4) is 0 Å². The average molecular weight is 358 g/mol. The molecule has 2 rings (SSSR count). The molecule has 126 valence electrons. The van der Waals surface area contributed by atoms with Crippen molar-refractivity contribution in [3.05, 3.63) is 34.9 Å². The lowest BCUT2D eigenvalue weighted by molar-refractivity contribution is -0.126. The SMILES string of the molecule is CCS(=O)(=O)N1CCC[C@H](C(=O)N/N=C\c2ccc(Cl)cc2)C1. The molecule has 1 N–H and O–H groups in total. The van der Waals surface area contributed by atoms with Crippen LogP contribution in [0.25, 0.3) is 0 Å². The summed E-state index contributed by atoms with van der Waals surface area (Å²) in [5, 5.41) is 4.55. The summed E-state index contributed by atoms with van der Waals surface area (Å²) < 4.78 is 25.2. The van der Waals surface area contributed by atoms with Gasteiger partial charge in [0.25, 0.3) is 0 Å². The summed E-state index contributed by atoms with van der Waals surface area (Å²) in [7, 11) is -3.25. The van der Waals surface area contributed by atoms with Gasteiger partial charge in [0.15, 0.2) is 0 Å². The Hall–Kier alpha value is -1.44. The highest BCUT2D eigenvalue weighted by atomic mass is 35.5. The third-order valence-electron chi connectivity index (χ3n) is 3.77. The van der Waals surface area contributed by atoms with Gasteiger partial charge >= 0.3 is 0 Å². The van der Waals surface area contributed by atoms with Gasteiger partial charge in [0.05, 0.1) is 17.9 Å². The lowest BCUT2D eigenvalue weighted by Crippen LogP contribution is -2.45. The number of nitrogens with zero attached hydrogens (tertiary/aromatic N) is 2. The molecule has 0 radical (unpaired) electrons. The zero-order chi connectivity index (χ0) is 16.9. The number of carbonyl (C=O) groups excluding carboxylic acids is 1. The number of halogens is 1. The number of benzene rings is 1. The number of hydrogen-bond acceptors (Lipinski definition) is 4. The van der Waals surface area contributed by atoms with E-state index in [2.05, 4.69) is 10.5 Å². The molecule has 0 aromatic heterocycles. The van der Waals surface area contributed by atoms with Crippen LogP contribution >= 0.6 is 11.6 Å². The summed E-state index contributed by atoms with van der Waals surface area (Å²) in [4.78, 5) is 12.1. The minimum absolute atomic E-state index is 0.0516. The molecule has 1 aromatic rings. The van der Waals surface area contributed by atoms with Crippen molar-refractivity contribution in [2.75, 3.05) is 18.8 Å². The maximum absolute atomic E-state index is 12.1. The number of piperidine rings is 1. The van der Waals surface area contributed by atoms with Gasteiger partial charge in [-0.25, -0.2) is 18.1 Å². The van der Waals surface area contributed by atoms with Crippen molar-refractivity contribution in [1.29, 1.82) is 0 Å². The van der Waals surface area contributed by atoms with Gasteiger partial charge in [-0.3, -0.25) is 4.79 Å². The fourth-order valence-corrected chi connectivity index (χ4v) is 3.71. The number of rotatable bonds is 5. The topological polar surface area (TPSA) is 78.8 Å². The van der Waals surface area contributed by atoms with Crippen LogP contribution in [0.15, 0.2) is 29.4 Å². The summed E-state index contributed by atoms with van der Waals surface area (Å²) >= 11 is 5.79. The highest BCUT2D eigenvalue weighted by molar-refractivity contribution is 7.89. The molecule has 0 saturated carbocycles. The van der Waals surface area contributed by atoms with E-state index in [1.807, 2.05) is 0 Å². The van der Waals surface area contributed by atoms with Crippen molar-refractivity contribution in [2.45, 2.75) is 19.8 Å². The van der Waals surface area contributed by atoms with Crippen LogP contribution in [0.1, 0.15) is 25.3 Å². The molecule has 0 spiro atoms. The van der Waals surface area contributed by atoms with Crippen molar-refractivity contribution >= 4 is 33.7 Å². The standard InChI is InChI=1S/C15H20ClN3O3S/c1-2-23(21,22)19-9-3-4-13(11-19)15(20)18-17-10-12-5-7-14(16)8-6-12/h5-8,10,13H,2-4,9,11H2,1H3,(H,18,20)/b17-10-/t13-/m0/s1. The van der Waals surface area contributed by atoms with Crippen LogP contribution < -0.4 is 5.43 Å². The van der Waals surface area contributed by atoms with Crippen molar-refractivity contribution in [2.24, 2.45) is 11.0 Å². The molecule has 6 nitrogen and oxygen atoms in total. The van der Waals surface area contributed by atoms with Gasteiger partial charge in [-0.05, 0) is 37.5 Å². The van der Waals surface area contributed by atoms with E-state index in [-0.39, 0.29) is 24.1 Å². The minimum atomic E-state index is -3.25. The first-order chi connectivity index (χ1) is 10.9. The molecule has 1 amide bonds. The van der Waals surface area contributed by atoms with Gasteiger partial charge in [-0.2, -0.15) is 5.10 Å². The first kappa shape index (κ1) is 17.9. The fourth-order valence-electron chi connectivity index (χ4n) is 2.40. The molecule has 0 aliphatic carbocycles. The fraction of sp³-hybridized carbons (Fsp3) is 0.467. The lowest BCUT2D eigenvalue weighted by atomic mass is 9.99. The smallest absolute Gasteiger partial charge is 0.244 e. The molecule has 1 heterocycles. The van der Waals surface area contributed by atoms with Crippen LogP contribution in [0, 0.1) is 5.92 Å². The van der Waals surface area contributed by atoms with Crippen LogP contribution in [0.2, 0.25) is 5.02 Å². The number of amides is 1. The van der Waals surface area contributed by atoms with E-state index in [0.29, 0.717) is 24.4 Å². The Labute approximate surface area is 141 Å². The van der Waals surface area contributed by atoms with E-state index < -0.39 is 10.0 Å². The lowest BCUT2D eigenvalue weighted by Gasteiger charge is -2.30. The molecular formula is C15H20ClN3O3S. The number of nitrogens with one attached hydrogen (secondary N) is 1. The van der Waals surface area contributed by atoms with Gasteiger partial charge in [-0.15, -0.1) is 0 Å². The van der Waals surface area contributed by atoms with Crippen LogP contribution in [-0.2, 0) is 14.8 Å². The third-order valence-corrected chi connectivity index (χ3v) is 5.87. The van der Waals surface area contributed by atoms with Gasteiger partial charge in [0, 0.05) is 18.1 Å². The molecule has 8 heteroatoms. The number of hydrazone groups is 1. The first-order valence-corrected chi connectivity index (χ1v) is 9.47. The Balaban J connectivity index is 1.91. The second-order valence-corrected chi connectivity index (χ2v) is 8.08. The Morgan fingerprint density at radius 1 is 1.43 bits per heavy atom. The molecule has 0 unspecified atom stereocenters. The Bertz CT molecular complexity index is 674. The maximum Gasteiger partial charge on any atom is 0.244 e. The highest BCUT2D eigenvalue weighted by Gasteiger charge is 2.31. The summed E-state index contributed by atoms with van der Waals surface area (Å²) in [6.45, 7) is 2.31. The Kier molecular flexibility index (Phi) is 6.15. The molecule has 1 fully saturated rings. The van der Waals surface area contributed by atoms with Crippen LogP contribution in [0.4, 0.5) is 0 Å². The van der Waals surface area contributed by atoms with E-state index in [1.54, 1.807) is 31.2 Å². The predicted molar refractivity (Wildman–Crippen MR) is 90.9 cm³/mol.